The maximum Gasteiger partial charge on any atom is 0.297 e. The number of anilines is 1. The Morgan fingerprint density at radius 3 is 2.58 bits per heavy atom. The summed E-state index contributed by atoms with van der Waals surface area (Å²) >= 11 is 6.12. The van der Waals surface area contributed by atoms with E-state index in [4.69, 9.17) is 11.6 Å². The number of carbonyl (C=O) groups excluding carboxylic acids is 1. The molecule has 0 fully saturated rings. The lowest BCUT2D eigenvalue weighted by Crippen LogP contribution is -2.18. The van der Waals surface area contributed by atoms with Gasteiger partial charge in [0.05, 0.1) is 5.02 Å². The van der Waals surface area contributed by atoms with Gasteiger partial charge in [0.15, 0.2) is 11.6 Å². The molecule has 0 radical (unpaired) electrons. The van der Waals surface area contributed by atoms with Crippen LogP contribution in [0.15, 0.2) is 23.1 Å². The summed E-state index contributed by atoms with van der Waals surface area (Å²) in [4.78, 5) is 12.2. The van der Waals surface area contributed by atoms with E-state index in [1.54, 1.807) is 0 Å². The van der Waals surface area contributed by atoms with E-state index in [1.807, 2.05) is 0 Å². The predicted molar refractivity (Wildman–Crippen MR) is 91.1 cm³/mol. The first kappa shape index (κ1) is 18.8. The zero-order chi connectivity index (χ0) is 19.1. The van der Waals surface area contributed by atoms with Gasteiger partial charge >= 0.3 is 0 Å². The molecule has 26 heavy (non-hydrogen) atoms. The van der Waals surface area contributed by atoms with Crippen molar-refractivity contribution in [3.63, 3.8) is 0 Å². The summed E-state index contributed by atoms with van der Waals surface area (Å²) in [6, 6.07) is 2.83. The maximum atomic E-state index is 13.3. The summed E-state index contributed by atoms with van der Waals surface area (Å²) in [5.41, 5.74) is 0.119. The fourth-order valence-corrected chi connectivity index (χ4v) is 4.52. The molecule has 0 aliphatic carbocycles. The summed E-state index contributed by atoms with van der Waals surface area (Å²) in [5.74, 6) is -2.98. The molecule has 2 N–H and O–H groups in total. The van der Waals surface area contributed by atoms with Crippen molar-refractivity contribution < 1.29 is 26.5 Å². The monoisotopic (exact) mass is 404 g/mol. The second-order valence-corrected chi connectivity index (χ2v) is 7.70. The van der Waals surface area contributed by atoms with Crippen LogP contribution in [0.5, 0.6) is 0 Å². The Morgan fingerprint density at radius 1 is 1.19 bits per heavy atom. The molecule has 1 aliphatic rings. The molecule has 6 nitrogen and oxygen atoms in total. The molecule has 0 spiro atoms. The molecule has 10 heteroatoms. The Labute approximate surface area is 153 Å². The minimum atomic E-state index is -4.63. The molecule has 0 unspecified atom stereocenters. The van der Waals surface area contributed by atoms with Gasteiger partial charge in [0.1, 0.15) is 10.6 Å². The highest BCUT2D eigenvalue weighted by atomic mass is 35.5. The van der Waals surface area contributed by atoms with Crippen molar-refractivity contribution in [2.75, 3.05) is 5.32 Å². The third-order valence-corrected chi connectivity index (χ3v) is 5.65. The smallest absolute Gasteiger partial charge is 0.297 e. The van der Waals surface area contributed by atoms with Gasteiger partial charge in [0.25, 0.3) is 16.0 Å². The molecule has 1 amide bonds. The number of rotatable bonds is 3. The Balaban J connectivity index is 2.07. The Hall–Kier alpha value is -1.97. The molecule has 1 aromatic carbocycles. The first-order valence-electron chi connectivity index (χ1n) is 7.85. The van der Waals surface area contributed by atoms with Crippen LogP contribution in [0.4, 0.5) is 14.5 Å². The van der Waals surface area contributed by atoms with Crippen LogP contribution in [0, 0.1) is 11.6 Å². The topological polar surface area (TPSA) is 88.4 Å². The molecular formula is C16H15ClF2N2O4S. The molecule has 0 bridgehead atoms. The Bertz CT molecular complexity index is 989. The second kappa shape index (κ2) is 6.98. The van der Waals surface area contributed by atoms with Crippen LogP contribution in [-0.4, -0.2) is 23.4 Å². The average molecular weight is 405 g/mol. The van der Waals surface area contributed by atoms with Crippen molar-refractivity contribution in [2.45, 2.75) is 37.1 Å². The fraction of sp³-hybridized carbons (Fsp3) is 0.312. The van der Waals surface area contributed by atoms with Crippen LogP contribution in [0.1, 0.15) is 35.4 Å². The number of hydrogen-bond acceptors (Lipinski definition) is 3. The first-order valence-corrected chi connectivity index (χ1v) is 9.66. The Kier molecular flexibility index (Phi) is 5.05. The highest BCUT2D eigenvalue weighted by molar-refractivity contribution is 7.86. The van der Waals surface area contributed by atoms with E-state index in [1.165, 1.54) is 10.6 Å². The van der Waals surface area contributed by atoms with Gasteiger partial charge in [-0.25, -0.2) is 8.78 Å². The lowest BCUT2D eigenvalue weighted by Gasteiger charge is -2.11. The largest absolute Gasteiger partial charge is 0.338 e. The van der Waals surface area contributed by atoms with Crippen molar-refractivity contribution in [3.8, 4) is 0 Å². The number of fused-ring (bicyclic) bond motifs is 1. The number of nitrogens with zero attached hydrogens (tertiary/aromatic N) is 1. The second-order valence-electron chi connectivity index (χ2n) is 5.96. The van der Waals surface area contributed by atoms with E-state index in [0.717, 1.165) is 18.6 Å². The molecule has 2 aromatic rings. The number of nitrogens with one attached hydrogen (secondary N) is 1. The third kappa shape index (κ3) is 3.46. The number of benzene rings is 1. The van der Waals surface area contributed by atoms with Gasteiger partial charge in [-0.15, -0.1) is 0 Å². The van der Waals surface area contributed by atoms with Gasteiger partial charge in [-0.1, -0.05) is 18.0 Å². The lowest BCUT2D eigenvalue weighted by molar-refractivity contribution is 0.101. The number of amides is 1. The normalized spacial score (nSPS) is 14.6. The van der Waals surface area contributed by atoms with Crippen LogP contribution in [0.2, 0.25) is 5.02 Å². The average Bonchev–Trinajstić information content (AvgIpc) is 2.67. The Morgan fingerprint density at radius 2 is 1.92 bits per heavy atom. The van der Waals surface area contributed by atoms with Crippen LogP contribution in [0.25, 0.3) is 0 Å². The lowest BCUT2D eigenvalue weighted by atomic mass is 10.2. The van der Waals surface area contributed by atoms with Crippen molar-refractivity contribution in [2.24, 2.45) is 0 Å². The van der Waals surface area contributed by atoms with Gasteiger partial charge in [0, 0.05) is 24.0 Å². The maximum absolute atomic E-state index is 13.3. The molecule has 0 atom stereocenters. The van der Waals surface area contributed by atoms with Crippen molar-refractivity contribution in [1.29, 1.82) is 0 Å². The molecule has 0 saturated carbocycles. The molecule has 0 saturated heterocycles. The van der Waals surface area contributed by atoms with Crippen LogP contribution >= 0.6 is 11.6 Å². The molecule has 1 aromatic heterocycles. The first-order chi connectivity index (χ1) is 12.2. The van der Waals surface area contributed by atoms with Gasteiger partial charge in [-0.2, -0.15) is 8.42 Å². The number of hydrogen-bond donors (Lipinski definition) is 2. The highest BCUT2D eigenvalue weighted by Gasteiger charge is 2.32. The summed E-state index contributed by atoms with van der Waals surface area (Å²) in [6.45, 7) is 0.352. The van der Waals surface area contributed by atoms with Gasteiger partial charge in [0.2, 0.25) is 0 Å². The summed E-state index contributed by atoms with van der Waals surface area (Å²) in [6.07, 6.45) is 2.56. The van der Waals surface area contributed by atoms with E-state index >= 15 is 0 Å². The quantitative estimate of drug-likeness (QED) is 0.764. The summed E-state index contributed by atoms with van der Waals surface area (Å²) < 4.78 is 60.8. The fourth-order valence-electron chi connectivity index (χ4n) is 3.09. The number of carbonyl (C=O) groups is 1. The van der Waals surface area contributed by atoms with Crippen LogP contribution < -0.4 is 5.32 Å². The minimum absolute atomic E-state index is 0.0115. The molecular weight excluding hydrogens is 390 g/mol. The predicted octanol–water partition coefficient (Wildman–Crippen LogP) is 3.65. The molecule has 1 aliphatic heterocycles. The summed E-state index contributed by atoms with van der Waals surface area (Å²) in [7, 11) is -4.63. The zero-order valence-electron chi connectivity index (χ0n) is 13.4. The molecule has 3 rings (SSSR count). The zero-order valence-corrected chi connectivity index (χ0v) is 15.0. The SMILES string of the molecule is O=C(Nc1ccc(F)c(F)c1)c1c(Cl)c(S(=O)(=O)O)c2n1CCCCC2. The van der Waals surface area contributed by atoms with Crippen molar-refractivity contribution >= 4 is 33.3 Å². The van der Waals surface area contributed by atoms with E-state index in [2.05, 4.69) is 5.32 Å². The minimum Gasteiger partial charge on any atom is -0.338 e. The van der Waals surface area contributed by atoms with Gasteiger partial charge < -0.3 is 9.88 Å². The standard InChI is InChI=1S/C16H15ClF2N2O4S/c17-13-14(16(22)20-9-5-6-10(18)11(19)8-9)21-7-3-1-2-4-12(21)15(13)26(23,24)25/h5-6,8H,1-4,7H2,(H,20,22)(H,23,24,25). The van der Waals surface area contributed by atoms with Gasteiger partial charge in [-0.3, -0.25) is 9.35 Å². The highest BCUT2D eigenvalue weighted by Crippen LogP contribution is 2.35. The van der Waals surface area contributed by atoms with E-state index in [-0.39, 0.29) is 22.1 Å². The third-order valence-electron chi connectivity index (χ3n) is 4.21. The van der Waals surface area contributed by atoms with E-state index in [0.29, 0.717) is 25.8 Å². The van der Waals surface area contributed by atoms with Crippen LogP contribution in [-0.2, 0) is 23.1 Å². The summed E-state index contributed by atoms with van der Waals surface area (Å²) in [5, 5.41) is 1.99. The van der Waals surface area contributed by atoms with Gasteiger partial charge in [-0.05, 0) is 31.4 Å². The van der Waals surface area contributed by atoms with E-state index in [9.17, 15) is 26.5 Å². The number of halogens is 3. The molecule has 2 heterocycles. The van der Waals surface area contributed by atoms with Crippen molar-refractivity contribution in [1.82, 2.24) is 4.57 Å². The van der Waals surface area contributed by atoms with Crippen molar-refractivity contribution in [3.05, 3.63) is 46.2 Å². The van der Waals surface area contributed by atoms with E-state index < -0.39 is 32.6 Å². The van der Waals surface area contributed by atoms with Crippen LogP contribution in [0.3, 0.4) is 0 Å². The molecule has 140 valence electrons. The number of aromatic nitrogens is 1.